The fraction of sp³-hybridized carbons (Fsp3) is 0.218. The van der Waals surface area contributed by atoms with Crippen LogP contribution >= 0.6 is 23.5 Å². The van der Waals surface area contributed by atoms with Crippen molar-refractivity contribution in [2.24, 2.45) is 0 Å². The summed E-state index contributed by atoms with van der Waals surface area (Å²) in [7, 11) is -3.29. The molecule has 0 aliphatic carbocycles. The summed E-state index contributed by atoms with van der Waals surface area (Å²) in [4.78, 5) is 27.1. The number of para-hydroxylation sites is 2. The van der Waals surface area contributed by atoms with Gasteiger partial charge in [0.25, 0.3) is 0 Å². The van der Waals surface area contributed by atoms with Gasteiger partial charge in [0.05, 0.1) is 72.9 Å². The SMILES string of the molecule is CB1OCc2ccc(CC(=O)Cc3ccccc3)cc21.CB1OCc2ccc(CC(C)=O)cc21.CB1OCc2ccc(CS(=O)(=O)c3ccccc3)cc21.CB1OCc2cccc(C)c21.CB1OCc2cccc(CO)c21.Cc1ccc2c(ccn2-c2ccc3c(c2)B(O)CC3)c1.N#CCCSc1cn(-c2ccc3c(c2)B(O)CC3)c2ccccc12.OB1CCc2ccc(-n3cc(Sc4ccccc4)c4ccccc43)cc21. The van der Waals surface area contributed by atoms with E-state index < -0.39 is 9.84 Å². The van der Waals surface area contributed by atoms with Crippen LogP contribution in [0, 0.1) is 25.2 Å². The van der Waals surface area contributed by atoms with Crippen LogP contribution in [0.2, 0.25) is 53.1 Å². The number of aryl methyl sites for hydroxylation is 5. The van der Waals surface area contributed by atoms with Gasteiger partial charge in [0.1, 0.15) is 11.6 Å². The standard InChI is InChI=1S/C22H18BNOS.C19H17BN2OS.C17H16BNO.C17H17BO2.C15H15BO3S.C11H13BO2.C9H11BO2.C9H11BO/c25-23-13-12-16-10-11-17(14-20(16)23)24-15-22(19-8-4-5-9-21(19)24)26-18-6-2-1-3-7-18;21-10-3-11-24-19-13-22(18-5-2-1-4-16(18)19)15-7-6-14-8-9-20(23)17(14)12-15;1-12-2-5-17-14(10-12)7-9-19(17)15-4-3-13-6-8-18(20)16(13)11-15;1-18-17-11-14(7-8-15(17)12-20-18)10-16(19)9-13-5-3-2-4-6-13;1-16-15-9-12(7-8-13(15)10-19-16)11-20(17,18)14-5-3-2-4-6-14;1-8(13)5-9-3-4-10-7-14-12(2)11(10)6-9;1-10-9-7(5-11)3-2-4-8(9)6-12-10;1-7-4-3-5-8-6-11-10(2)9(7)8/h1-11,14-15,25H,12-13H2;1-2,4-7,12-13,23H,3,8-9,11H2;2-5,7,9-11,20H,6,8H2,1H3;2-8,11H,9-10,12H2,1H3;2-9H,10-11H2,1H3;3-4,6H,5,7H2,1-2H3;2-4,11H,5-6H2,1H3;3-5H,6H2,1-2H3. The van der Waals surface area contributed by atoms with Crippen LogP contribution in [0.5, 0.6) is 0 Å². The highest BCUT2D eigenvalue weighted by molar-refractivity contribution is 7.99. The molecule has 0 fully saturated rings. The Kier molecular flexibility index (Phi) is 34.1. The molecule has 17 nitrogen and oxygen atoms in total. The maximum atomic E-state index is 12.4. The van der Waals surface area contributed by atoms with Gasteiger partial charge >= 0.3 is 55.3 Å². The molecule has 734 valence electrons. The molecule has 0 saturated heterocycles. The number of rotatable bonds is 18. The average molecular weight is 1990 g/mol. The topological polar surface area (TPSA) is 234 Å². The first-order valence-corrected chi connectivity index (χ1v) is 54.3. The quantitative estimate of drug-likeness (QED) is 0.0355. The highest BCUT2D eigenvalue weighted by Crippen LogP contribution is 2.38. The largest absolute Gasteiger partial charge is 0.446 e. The minimum Gasteiger partial charge on any atom is -0.446 e. The fourth-order valence-corrected chi connectivity index (χ4v) is 24.2. The van der Waals surface area contributed by atoms with E-state index in [-0.39, 0.29) is 72.3 Å². The third-order valence-corrected chi connectivity index (χ3v) is 32.4. The lowest BCUT2D eigenvalue weighted by atomic mass is 9.62. The molecule has 14 aromatic carbocycles. The van der Waals surface area contributed by atoms with Gasteiger partial charge in [-0.25, -0.2) is 8.42 Å². The van der Waals surface area contributed by atoms with E-state index in [1.807, 2.05) is 118 Å². The van der Waals surface area contributed by atoms with Gasteiger partial charge < -0.3 is 57.2 Å². The van der Waals surface area contributed by atoms with Crippen molar-refractivity contribution in [3.8, 4) is 23.1 Å². The second kappa shape index (κ2) is 48.1. The highest BCUT2D eigenvalue weighted by atomic mass is 32.2. The van der Waals surface area contributed by atoms with E-state index in [4.69, 9.17) is 33.6 Å². The van der Waals surface area contributed by atoms with E-state index >= 15 is 0 Å². The second-order valence-electron chi connectivity index (χ2n) is 39.0. The summed E-state index contributed by atoms with van der Waals surface area (Å²) in [5, 5.41) is 52.0. The van der Waals surface area contributed by atoms with Crippen molar-refractivity contribution in [1.29, 1.82) is 5.26 Å². The number of Topliss-reactive ketones (excluding diaryl/α,β-unsaturated/α-hetero) is 2. The lowest BCUT2D eigenvalue weighted by Crippen LogP contribution is -2.28. The minimum atomic E-state index is -3.29. The number of nitrogens with zero attached hydrogens (tertiary/aromatic N) is 4. The van der Waals surface area contributed by atoms with Crippen molar-refractivity contribution in [1.82, 2.24) is 13.7 Å². The minimum absolute atomic E-state index is 0.0248. The molecule has 4 N–H and O–H groups in total. The Morgan fingerprint density at radius 3 is 1.38 bits per heavy atom. The van der Waals surface area contributed by atoms with Gasteiger partial charge in [0.15, 0.2) is 9.84 Å². The predicted octanol–water partition coefficient (Wildman–Crippen LogP) is 18.1. The first kappa shape index (κ1) is 104. The summed E-state index contributed by atoms with van der Waals surface area (Å²) in [6.07, 6.45) is 14.0. The maximum absolute atomic E-state index is 12.4. The van der Waals surface area contributed by atoms with E-state index in [2.05, 4.69) is 254 Å². The molecule has 0 unspecified atom stereocenters. The van der Waals surface area contributed by atoms with E-state index in [0.29, 0.717) is 63.9 Å². The summed E-state index contributed by atoms with van der Waals surface area (Å²) in [5.41, 5.74) is 34.0. The van der Waals surface area contributed by atoms with E-state index in [0.717, 1.165) is 128 Å². The lowest BCUT2D eigenvalue weighted by molar-refractivity contribution is -0.118. The number of benzene rings is 14. The van der Waals surface area contributed by atoms with Crippen LogP contribution in [0.4, 0.5) is 0 Å². The number of nitriles is 1. The van der Waals surface area contributed by atoms with Crippen LogP contribution < -0.4 is 43.7 Å². The summed E-state index contributed by atoms with van der Waals surface area (Å²) in [6, 6.07) is 107. The Morgan fingerprint density at radius 1 is 0.408 bits per heavy atom. The fourth-order valence-electron chi connectivity index (χ4n) is 20.9. The van der Waals surface area contributed by atoms with Crippen LogP contribution in [0.15, 0.2) is 348 Å². The molecule has 11 heterocycles. The molecule has 0 spiro atoms. The van der Waals surface area contributed by atoms with Crippen molar-refractivity contribution in [2.75, 3.05) is 5.75 Å². The van der Waals surface area contributed by atoms with Gasteiger partial charge in [-0.15, -0.1) is 11.8 Å². The predicted molar refractivity (Wildman–Crippen MR) is 608 cm³/mol. The average Bonchev–Trinajstić information content (AvgIpc) is 1.62. The van der Waals surface area contributed by atoms with Gasteiger partial charge in [-0.3, -0.25) is 9.59 Å². The highest BCUT2D eigenvalue weighted by Gasteiger charge is 2.33. The summed E-state index contributed by atoms with van der Waals surface area (Å²) in [5.74, 6) is 1.28. The van der Waals surface area contributed by atoms with Gasteiger partial charge in [0.2, 0.25) is 0 Å². The number of fused-ring (bicyclic) bond motifs is 11. The van der Waals surface area contributed by atoms with Crippen LogP contribution in [-0.2, 0) is 127 Å². The molecule has 28 heteroatoms. The molecule has 0 saturated carbocycles. The molecular weight excluding hydrogens is 1880 g/mol. The van der Waals surface area contributed by atoms with Crippen LogP contribution in [-0.4, -0.2) is 115 Å². The van der Waals surface area contributed by atoms with Gasteiger partial charge in [-0.2, -0.15) is 5.26 Å². The summed E-state index contributed by atoms with van der Waals surface area (Å²) < 4.78 is 58.9. The Hall–Kier alpha value is -12.7. The molecular formula is C119H118B8N4O13S3. The van der Waals surface area contributed by atoms with Crippen LogP contribution in [0.25, 0.3) is 49.8 Å². The molecule has 0 bridgehead atoms. The molecule has 17 aromatic rings. The number of aromatic nitrogens is 3. The zero-order valence-electron chi connectivity index (χ0n) is 84.5. The number of carbonyl (C=O) groups is 2. The first-order chi connectivity index (χ1) is 71.3. The number of ketones is 2. The molecule has 0 amide bonds. The Labute approximate surface area is 874 Å². The van der Waals surface area contributed by atoms with Gasteiger partial charge in [0, 0.05) is 97.9 Å². The van der Waals surface area contributed by atoms with Crippen molar-refractivity contribution < 1.29 is 61.5 Å². The number of sulfone groups is 1. The number of carbonyl (C=O) groups excluding carboxylic acids is 2. The molecule has 8 aliphatic heterocycles. The Morgan fingerprint density at radius 2 is 0.850 bits per heavy atom. The van der Waals surface area contributed by atoms with Gasteiger partial charge in [-0.05, 0) is 249 Å². The van der Waals surface area contributed by atoms with Crippen molar-refractivity contribution in [3.05, 3.63) is 411 Å². The monoisotopic (exact) mass is 1990 g/mol. The van der Waals surface area contributed by atoms with Crippen molar-refractivity contribution in [2.45, 2.75) is 184 Å². The van der Waals surface area contributed by atoms with Gasteiger partial charge in [-0.1, -0.05) is 292 Å². The Bertz CT molecular complexity index is 7780. The van der Waals surface area contributed by atoms with E-state index in [9.17, 15) is 33.1 Å². The second-order valence-corrected chi connectivity index (χ2v) is 43.2. The van der Waals surface area contributed by atoms with E-state index in [1.165, 1.54) is 114 Å². The molecule has 0 atom stereocenters. The zero-order chi connectivity index (χ0) is 102. The number of hydrogen-bond acceptors (Lipinski definition) is 16. The Balaban J connectivity index is 0.000000112. The molecule has 147 heavy (non-hydrogen) atoms. The number of aliphatic hydroxyl groups excluding tert-OH is 1. The summed E-state index contributed by atoms with van der Waals surface area (Å²) >= 11 is 3.51. The zero-order valence-corrected chi connectivity index (χ0v) is 86.9. The molecule has 25 rings (SSSR count). The molecule has 3 aromatic heterocycles. The molecule has 0 radical (unpaired) electrons. The van der Waals surface area contributed by atoms with Crippen molar-refractivity contribution >= 4 is 177 Å². The van der Waals surface area contributed by atoms with E-state index in [1.54, 1.807) is 54.7 Å². The normalized spacial score (nSPS) is 13.9. The maximum Gasteiger partial charge on any atom is 0.324 e. The smallest absolute Gasteiger partial charge is 0.324 e. The lowest BCUT2D eigenvalue weighted by Gasteiger charge is -2.09. The van der Waals surface area contributed by atoms with Crippen LogP contribution in [0.1, 0.15) is 96.8 Å². The van der Waals surface area contributed by atoms with Crippen molar-refractivity contribution in [3.63, 3.8) is 0 Å². The number of aliphatic hydroxyl groups is 1. The van der Waals surface area contributed by atoms with Crippen LogP contribution in [0.3, 0.4) is 0 Å². The third kappa shape index (κ3) is 25.0. The number of thioether (sulfide) groups is 1. The first-order valence-electron chi connectivity index (χ1n) is 50.9. The molecule has 8 aliphatic rings. The number of hydrogen-bond donors (Lipinski definition) is 4. The summed E-state index contributed by atoms with van der Waals surface area (Å²) in [6.45, 7) is 19.5. The third-order valence-electron chi connectivity index (χ3n) is 28.6.